The predicted molar refractivity (Wildman–Crippen MR) is 53.6 cm³/mol. The zero-order valence-electron chi connectivity index (χ0n) is 6.92. The second kappa shape index (κ2) is 4.90. The van der Waals surface area contributed by atoms with Gasteiger partial charge >= 0.3 is 0 Å². The van der Waals surface area contributed by atoms with Gasteiger partial charge in [0.05, 0.1) is 5.69 Å². The Morgan fingerprint density at radius 2 is 2.58 bits per heavy atom. The third-order valence-corrected chi connectivity index (χ3v) is 2.20. The average Bonchev–Trinajstić information content (AvgIpc) is 2.50. The number of thiazole rings is 1. The molecule has 0 saturated heterocycles. The van der Waals surface area contributed by atoms with Crippen molar-refractivity contribution in [2.24, 2.45) is 5.73 Å². The molecule has 3 N–H and O–H groups in total. The fourth-order valence-electron chi connectivity index (χ4n) is 0.810. The molecule has 1 aromatic heterocycles. The third kappa shape index (κ3) is 2.64. The van der Waals surface area contributed by atoms with E-state index in [0.717, 1.165) is 23.8 Å². The highest BCUT2D eigenvalue weighted by atomic mass is 32.1. The first-order valence-corrected chi connectivity index (χ1v) is 4.74. The molecule has 0 aliphatic carbocycles. The molecule has 3 nitrogen and oxygen atoms in total. The standard InChI is InChI=1S/C8H13N3S/c1-2-5-10-8-11-7(3-4-9)6-12-8/h2,6H,1,3-5,9H2,(H,10,11). The number of nitrogens with one attached hydrogen (secondary N) is 1. The molecule has 1 aromatic rings. The van der Waals surface area contributed by atoms with Gasteiger partial charge < -0.3 is 11.1 Å². The highest BCUT2D eigenvalue weighted by molar-refractivity contribution is 7.13. The van der Waals surface area contributed by atoms with Crippen LogP contribution < -0.4 is 11.1 Å². The molecule has 0 aliphatic heterocycles. The summed E-state index contributed by atoms with van der Waals surface area (Å²) in [5.74, 6) is 0. The zero-order chi connectivity index (χ0) is 8.81. The second-order valence-electron chi connectivity index (χ2n) is 2.35. The van der Waals surface area contributed by atoms with Crippen molar-refractivity contribution in [2.75, 3.05) is 18.4 Å². The van der Waals surface area contributed by atoms with E-state index in [1.54, 1.807) is 11.3 Å². The van der Waals surface area contributed by atoms with Gasteiger partial charge in [0.1, 0.15) is 0 Å². The van der Waals surface area contributed by atoms with Crippen LogP contribution in [0.5, 0.6) is 0 Å². The Labute approximate surface area is 76.3 Å². The molecule has 0 aliphatic rings. The fraction of sp³-hybridized carbons (Fsp3) is 0.375. The Hall–Kier alpha value is -0.870. The van der Waals surface area contributed by atoms with Crippen LogP contribution in [0.4, 0.5) is 5.13 Å². The molecule has 1 heterocycles. The van der Waals surface area contributed by atoms with Crippen molar-refractivity contribution < 1.29 is 0 Å². The van der Waals surface area contributed by atoms with Crippen LogP contribution in [-0.2, 0) is 6.42 Å². The van der Waals surface area contributed by atoms with E-state index in [1.165, 1.54) is 0 Å². The van der Waals surface area contributed by atoms with Gasteiger partial charge in [-0.2, -0.15) is 0 Å². The summed E-state index contributed by atoms with van der Waals surface area (Å²) in [6, 6.07) is 0. The van der Waals surface area contributed by atoms with Crippen LogP contribution in [-0.4, -0.2) is 18.1 Å². The number of anilines is 1. The fourth-order valence-corrected chi connectivity index (χ4v) is 1.57. The largest absolute Gasteiger partial charge is 0.358 e. The first-order chi connectivity index (χ1) is 5.86. The van der Waals surface area contributed by atoms with E-state index in [0.29, 0.717) is 6.54 Å². The van der Waals surface area contributed by atoms with Crippen molar-refractivity contribution in [1.82, 2.24) is 4.98 Å². The van der Waals surface area contributed by atoms with E-state index in [2.05, 4.69) is 16.9 Å². The Kier molecular flexibility index (Phi) is 3.76. The quantitative estimate of drug-likeness (QED) is 0.675. The molecule has 0 unspecified atom stereocenters. The van der Waals surface area contributed by atoms with E-state index in [-0.39, 0.29) is 0 Å². The second-order valence-corrected chi connectivity index (χ2v) is 3.21. The smallest absolute Gasteiger partial charge is 0.183 e. The molecule has 0 amide bonds. The van der Waals surface area contributed by atoms with Crippen LogP contribution in [0.3, 0.4) is 0 Å². The lowest BCUT2D eigenvalue weighted by Crippen LogP contribution is -2.03. The van der Waals surface area contributed by atoms with Gasteiger partial charge in [0.15, 0.2) is 5.13 Å². The summed E-state index contributed by atoms with van der Waals surface area (Å²) in [5, 5.41) is 6.09. The first-order valence-electron chi connectivity index (χ1n) is 3.86. The van der Waals surface area contributed by atoms with Crippen molar-refractivity contribution in [2.45, 2.75) is 6.42 Å². The number of rotatable bonds is 5. The van der Waals surface area contributed by atoms with Crippen LogP contribution in [0.15, 0.2) is 18.0 Å². The molecule has 12 heavy (non-hydrogen) atoms. The van der Waals surface area contributed by atoms with Crippen molar-refractivity contribution in [3.8, 4) is 0 Å². The monoisotopic (exact) mass is 183 g/mol. The van der Waals surface area contributed by atoms with Gasteiger partial charge in [0.25, 0.3) is 0 Å². The van der Waals surface area contributed by atoms with E-state index in [4.69, 9.17) is 5.73 Å². The lowest BCUT2D eigenvalue weighted by molar-refractivity contribution is 0.935. The highest BCUT2D eigenvalue weighted by Gasteiger charge is 1.98. The lowest BCUT2D eigenvalue weighted by Gasteiger charge is -1.94. The molecule has 4 heteroatoms. The van der Waals surface area contributed by atoms with Crippen molar-refractivity contribution >= 4 is 16.5 Å². The first kappa shape index (κ1) is 9.22. The van der Waals surface area contributed by atoms with Gasteiger partial charge in [0.2, 0.25) is 0 Å². The van der Waals surface area contributed by atoms with Crippen molar-refractivity contribution in [3.05, 3.63) is 23.7 Å². The summed E-state index contributed by atoms with van der Waals surface area (Å²) < 4.78 is 0. The summed E-state index contributed by atoms with van der Waals surface area (Å²) >= 11 is 1.60. The van der Waals surface area contributed by atoms with Crippen molar-refractivity contribution in [3.63, 3.8) is 0 Å². The minimum Gasteiger partial charge on any atom is -0.358 e. The molecule has 66 valence electrons. The molecule has 0 bridgehead atoms. The molecular formula is C8H13N3S. The topological polar surface area (TPSA) is 50.9 Å². The minimum absolute atomic E-state index is 0.657. The summed E-state index contributed by atoms with van der Waals surface area (Å²) in [6.45, 7) is 5.03. The summed E-state index contributed by atoms with van der Waals surface area (Å²) in [5.41, 5.74) is 6.46. The molecule has 0 saturated carbocycles. The van der Waals surface area contributed by atoms with Crippen LogP contribution >= 0.6 is 11.3 Å². The van der Waals surface area contributed by atoms with Crippen LogP contribution in [0.1, 0.15) is 5.69 Å². The number of hydrogen-bond acceptors (Lipinski definition) is 4. The maximum atomic E-state index is 5.40. The normalized spacial score (nSPS) is 9.75. The van der Waals surface area contributed by atoms with E-state index in [9.17, 15) is 0 Å². The Morgan fingerprint density at radius 1 is 1.75 bits per heavy atom. The molecular weight excluding hydrogens is 170 g/mol. The van der Waals surface area contributed by atoms with E-state index >= 15 is 0 Å². The molecule has 0 atom stereocenters. The number of hydrogen-bond donors (Lipinski definition) is 2. The summed E-state index contributed by atoms with van der Waals surface area (Å²) in [6.07, 6.45) is 2.66. The molecule has 0 aromatic carbocycles. The number of aromatic nitrogens is 1. The predicted octanol–water partition coefficient (Wildman–Crippen LogP) is 1.24. The van der Waals surface area contributed by atoms with Gasteiger partial charge in [-0.3, -0.25) is 0 Å². The maximum Gasteiger partial charge on any atom is 0.183 e. The van der Waals surface area contributed by atoms with Gasteiger partial charge in [-0.05, 0) is 6.54 Å². The molecule has 0 fully saturated rings. The minimum atomic E-state index is 0.657. The Bertz CT molecular complexity index is 244. The number of nitrogens with two attached hydrogens (primary N) is 1. The average molecular weight is 183 g/mol. The third-order valence-electron chi connectivity index (χ3n) is 1.35. The lowest BCUT2D eigenvalue weighted by atomic mass is 10.3. The van der Waals surface area contributed by atoms with Crippen LogP contribution in [0.2, 0.25) is 0 Å². The van der Waals surface area contributed by atoms with Gasteiger partial charge in [-0.25, -0.2) is 4.98 Å². The SMILES string of the molecule is C=CCNc1nc(CCN)cs1. The molecule has 0 radical (unpaired) electrons. The van der Waals surface area contributed by atoms with Gasteiger partial charge in [-0.15, -0.1) is 17.9 Å². The zero-order valence-corrected chi connectivity index (χ0v) is 7.73. The summed E-state index contributed by atoms with van der Waals surface area (Å²) in [7, 11) is 0. The van der Waals surface area contributed by atoms with Crippen LogP contribution in [0.25, 0.3) is 0 Å². The summed E-state index contributed by atoms with van der Waals surface area (Å²) in [4.78, 5) is 4.32. The molecule has 1 rings (SSSR count). The molecule has 0 spiro atoms. The Morgan fingerprint density at radius 3 is 3.25 bits per heavy atom. The maximum absolute atomic E-state index is 5.40. The van der Waals surface area contributed by atoms with Gasteiger partial charge in [0, 0.05) is 18.3 Å². The number of nitrogens with zero attached hydrogens (tertiary/aromatic N) is 1. The van der Waals surface area contributed by atoms with E-state index in [1.807, 2.05) is 11.5 Å². The van der Waals surface area contributed by atoms with Gasteiger partial charge in [-0.1, -0.05) is 6.08 Å². The Balaban J connectivity index is 2.46. The van der Waals surface area contributed by atoms with Crippen molar-refractivity contribution in [1.29, 1.82) is 0 Å². The highest BCUT2D eigenvalue weighted by Crippen LogP contribution is 2.14. The van der Waals surface area contributed by atoms with E-state index < -0.39 is 0 Å². The van der Waals surface area contributed by atoms with Crippen LogP contribution in [0, 0.1) is 0 Å².